The molecule has 0 spiro atoms. The van der Waals surface area contributed by atoms with Crippen LogP contribution in [0.4, 0.5) is 0 Å². The topological polar surface area (TPSA) is 75.5 Å². The van der Waals surface area contributed by atoms with Gasteiger partial charge in [-0.15, -0.1) is 11.3 Å². The first kappa shape index (κ1) is 21.5. The van der Waals surface area contributed by atoms with Crippen molar-refractivity contribution in [2.75, 3.05) is 20.1 Å². The summed E-state index contributed by atoms with van der Waals surface area (Å²) in [4.78, 5) is 20.2. The molecular formula is C21H30N4O3S2. The average molecular weight is 451 g/mol. The van der Waals surface area contributed by atoms with Gasteiger partial charge < -0.3 is 9.47 Å². The highest BCUT2D eigenvalue weighted by Gasteiger charge is 2.31. The average Bonchev–Trinajstić information content (AvgIpc) is 3.47. The molecule has 1 aliphatic carbocycles. The van der Waals surface area contributed by atoms with Crippen molar-refractivity contribution in [3.05, 3.63) is 22.8 Å². The Labute approximate surface area is 182 Å². The summed E-state index contributed by atoms with van der Waals surface area (Å²) in [5.74, 6) is 0.0350. The van der Waals surface area contributed by atoms with Crippen LogP contribution in [-0.4, -0.2) is 59.3 Å². The third kappa shape index (κ3) is 3.94. The Morgan fingerprint density at radius 1 is 1.17 bits per heavy atom. The van der Waals surface area contributed by atoms with Crippen LogP contribution in [0, 0.1) is 6.92 Å². The minimum Gasteiger partial charge on any atom is -0.347 e. The summed E-state index contributed by atoms with van der Waals surface area (Å²) in [5.41, 5.74) is 1.43. The molecule has 1 amide bonds. The molecule has 0 radical (unpaired) electrons. The number of aryl methyl sites for hydroxylation is 2. The van der Waals surface area contributed by atoms with Gasteiger partial charge in [0.15, 0.2) is 0 Å². The van der Waals surface area contributed by atoms with Crippen molar-refractivity contribution in [3.63, 3.8) is 0 Å². The molecule has 2 aliphatic rings. The second-order valence-corrected chi connectivity index (χ2v) is 11.4. The van der Waals surface area contributed by atoms with E-state index in [1.54, 1.807) is 28.2 Å². The number of thiazole rings is 1. The van der Waals surface area contributed by atoms with E-state index in [9.17, 15) is 13.2 Å². The summed E-state index contributed by atoms with van der Waals surface area (Å²) in [7, 11) is -0.0470. The van der Waals surface area contributed by atoms with E-state index < -0.39 is 10.0 Å². The number of hydrogen-bond acceptors (Lipinski definition) is 5. The summed E-state index contributed by atoms with van der Waals surface area (Å²) in [6.07, 6.45) is 8.93. The Morgan fingerprint density at radius 3 is 2.50 bits per heavy atom. The normalized spacial score (nSPS) is 18.5. The van der Waals surface area contributed by atoms with Gasteiger partial charge in [0.1, 0.15) is 14.8 Å². The van der Waals surface area contributed by atoms with E-state index in [4.69, 9.17) is 0 Å². The molecule has 0 aromatic carbocycles. The molecule has 4 rings (SSSR count). The zero-order chi connectivity index (χ0) is 21.5. The molecule has 1 saturated carbocycles. The van der Waals surface area contributed by atoms with Crippen LogP contribution < -0.4 is 0 Å². The van der Waals surface area contributed by atoms with Gasteiger partial charge in [-0.1, -0.05) is 19.3 Å². The van der Waals surface area contributed by atoms with E-state index >= 15 is 0 Å². The van der Waals surface area contributed by atoms with Crippen molar-refractivity contribution < 1.29 is 13.2 Å². The molecule has 0 N–H and O–H groups in total. The summed E-state index contributed by atoms with van der Waals surface area (Å²) < 4.78 is 29.8. The Bertz CT molecular complexity index is 1030. The number of rotatable bonds is 5. The fourth-order valence-corrected chi connectivity index (χ4v) is 7.04. The molecule has 7 nitrogen and oxygen atoms in total. The zero-order valence-electron chi connectivity index (χ0n) is 17.9. The molecule has 164 valence electrons. The standard InChI is InChI=1S/C21H30N4O3S2/c1-15-19(21(26)25-11-7-8-12-25)29-20(22-15)18-13-17(14-23(18)2)30(27,28)24(3)16-9-5-4-6-10-16/h13-14,16H,4-12H2,1-3H3. The highest BCUT2D eigenvalue weighted by Crippen LogP contribution is 2.33. The van der Waals surface area contributed by atoms with E-state index in [0.29, 0.717) is 15.6 Å². The molecule has 9 heteroatoms. The van der Waals surface area contributed by atoms with Crippen LogP contribution in [0.25, 0.3) is 10.7 Å². The Hall–Kier alpha value is -1.71. The van der Waals surface area contributed by atoms with Crippen molar-refractivity contribution in [2.45, 2.75) is 62.8 Å². The van der Waals surface area contributed by atoms with Gasteiger partial charge in [-0.3, -0.25) is 4.79 Å². The highest BCUT2D eigenvalue weighted by atomic mass is 32.2. The number of nitrogens with zero attached hydrogens (tertiary/aromatic N) is 4. The molecule has 0 unspecified atom stereocenters. The molecule has 2 aromatic heterocycles. The molecule has 2 aromatic rings. The van der Waals surface area contributed by atoms with Crippen LogP contribution in [0.2, 0.25) is 0 Å². The molecule has 1 aliphatic heterocycles. The van der Waals surface area contributed by atoms with Crippen molar-refractivity contribution in [1.29, 1.82) is 0 Å². The van der Waals surface area contributed by atoms with Gasteiger partial charge in [-0.2, -0.15) is 4.31 Å². The molecule has 0 bridgehead atoms. The lowest BCUT2D eigenvalue weighted by Crippen LogP contribution is -2.38. The van der Waals surface area contributed by atoms with Crippen LogP contribution >= 0.6 is 11.3 Å². The van der Waals surface area contributed by atoms with Crippen molar-refractivity contribution in [3.8, 4) is 10.7 Å². The largest absolute Gasteiger partial charge is 0.347 e. The van der Waals surface area contributed by atoms with Crippen LogP contribution in [0.15, 0.2) is 17.2 Å². The lowest BCUT2D eigenvalue weighted by molar-refractivity contribution is 0.0796. The molecule has 30 heavy (non-hydrogen) atoms. The van der Waals surface area contributed by atoms with Crippen LogP contribution in [0.3, 0.4) is 0 Å². The highest BCUT2D eigenvalue weighted by molar-refractivity contribution is 7.89. The monoisotopic (exact) mass is 450 g/mol. The molecule has 0 atom stereocenters. The number of hydrogen-bond donors (Lipinski definition) is 0. The third-order valence-corrected chi connectivity index (χ3v) is 9.39. The second kappa shape index (κ2) is 8.43. The Kier molecular flexibility index (Phi) is 6.05. The van der Waals surface area contributed by atoms with Gasteiger partial charge in [0.05, 0.1) is 11.4 Å². The van der Waals surface area contributed by atoms with Gasteiger partial charge in [0.2, 0.25) is 10.0 Å². The summed E-state index contributed by atoms with van der Waals surface area (Å²) in [5, 5.41) is 0.680. The molecule has 3 heterocycles. The minimum atomic E-state index is -3.57. The molecular weight excluding hydrogens is 420 g/mol. The lowest BCUT2D eigenvalue weighted by Gasteiger charge is -2.30. The number of sulfonamides is 1. The first-order valence-electron chi connectivity index (χ1n) is 10.7. The van der Waals surface area contributed by atoms with Crippen molar-refractivity contribution >= 4 is 27.3 Å². The SMILES string of the molecule is Cc1nc(-c2cc(S(=O)(=O)N(C)C3CCCCC3)cn2C)sc1C(=O)N1CCCC1. The van der Waals surface area contributed by atoms with Crippen molar-refractivity contribution in [1.82, 2.24) is 18.8 Å². The maximum Gasteiger partial charge on any atom is 0.265 e. The number of likely N-dealkylation sites (tertiary alicyclic amines) is 1. The van der Waals surface area contributed by atoms with E-state index in [-0.39, 0.29) is 16.8 Å². The van der Waals surface area contributed by atoms with Gasteiger partial charge in [0, 0.05) is 39.4 Å². The fraction of sp³-hybridized carbons (Fsp3) is 0.619. The smallest absolute Gasteiger partial charge is 0.265 e. The first-order valence-corrected chi connectivity index (χ1v) is 13.0. The number of amides is 1. The van der Waals surface area contributed by atoms with E-state index in [2.05, 4.69) is 4.98 Å². The minimum absolute atomic E-state index is 0.0350. The van der Waals surface area contributed by atoms with Gasteiger partial charge in [-0.05, 0) is 38.7 Å². The Morgan fingerprint density at radius 2 is 1.83 bits per heavy atom. The predicted octanol–water partition coefficient (Wildman–Crippen LogP) is 3.65. The van der Waals surface area contributed by atoms with E-state index in [0.717, 1.165) is 57.3 Å². The summed E-state index contributed by atoms with van der Waals surface area (Å²) in [6, 6.07) is 1.76. The second-order valence-electron chi connectivity index (χ2n) is 8.42. The quantitative estimate of drug-likeness (QED) is 0.697. The van der Waals surface area contributed by atoms with Crippen LogP contribution in [-0.2, 0) is 17.1 Å². The van der Waals surface area contributed by atoms with Gasteiger partial charge in [-0.25, -0.2) is 13.4 Å². The maximum absolute atomic E-state index is 13.2. The Balaban J connectivity index is 1.61. The van der Waals surface area contributed by atoms with Gasteiger partial charge >= 0.3 is 0 Å². The predicted molar refractivity (Wildman–Crippen MR) is 118 cm³/mol. The molecule has 2 fully saturated rings. The summed E-state index contributed by atoms with van der Waals surface area (Å²) >= 11 is 1.35. The van der Waals surface area contributed by atoms with Crippen molar-refractivity contribution in [2.24, 2.45) is 7.05 Å². The number of carbonyl (C=O) groups is 1. The van der Waals surface area contributed by atoms with Gasteiger partial charge in [0.25, 0.3) is 5.91 Å². The fourth-order valence-electron chi connectivity index (χ4n) is 4.46. The third-order valence-electron chi connectivity index (χ3n) is 6.35. The van der Waals surface area contributed by atoms with E-state index in [1.165, 1.54) is 17.8 Å². The zero-order valence-corrected chi connectivity index (χ0v) is 19.6. The number of aromatic nitrogens is 2. The number of carbonyl (C=O) groups excluding carboxylic acids is 1. The maximum atomic E-state index is 13.2. The van der Waals surface area contributed by atoms with Crippen LogP contribution in [0.5, 0.6) is 0 Å². The lowest BCUT2D eigenvalue weighted by atomic mass is 9.96. The van der Waals surface area contributed by atoms with E-state index in [1.807, 2.05) is 18.9 Å². The van der Waals surface area contributed by atoms with Crippen LogP contribution in [0.1, 0.15) is 60.3 Å². The first-order chi connectivity index (χ1) is 14.3. The molecule has 1 saturated heterocycles. The summed E-state index contributed by atoms with van der Waals surface area (Å²) in [6.45, 7) is 3.44.